The van der Waals surface area contributed by atoms with Crippen LogP contribution in [0.4, 0.5) is 25.8 Å². The highest BCUT2D eigenvalue weighted by Gasteiger charge is 2.22. The lowest BCUT2D eigenvalue weighted by Gasteiger charge is -2.15. The molecule has 26 heavy (non-hydrogen) atoms. The number of nitrogens with zero attached hydrogens (tertiary/aromatic N) is 2. The Labute approximate surface area is 145 Å². The Morgan fingerprint density at radius 2 is 1.77 bits per heavy atom. The van der Waals surface area contributed by atoms with Gasteiger partial charge in [0.15, 0.2) is 5.43 Å². The van der Waals surface area contributed by atoms with Crippen molar-refractivity contribution in [2.45, 2.75) is 0 Å². The molecule has 3 aromatic rings. The molecule has 7 nitrogen and oxygen atoms in total. The van der Waals surface area contributed by atoms with E-state index in [0.717, 1.165) is 18.2 Å². The molecule has 134 valence electrons. The van der Waals surface area contributed by atoms with E-state index in [9.17, 15) is 23.7 Å². The number of hydrogen-bond donors (Lipinski definition) is 1. The minimum atomic E-state index is -0.866. The highest BCUT2D eigenvalue weighted by Crippen LogP contribution is 2.34. The molecular weight excluding hydrogens is 348 g/mol. The first-order valence-electron chi connectivity index (χ1n) is 7.38. The number of nitro groups is 1. The molecule has 0 aliphatic rings. The van der Waals surface area contributed by atoms with Crippen molar-refractivity contribution in [2.75, 3.05) is 24.7 Å². The van der Waals surface area contributed by atoms with Crippen molar-refractivity contribution >= 4 is 28.0 Å². The number of rotatable bonds is 3. The topological polar surface area (TPSA) is 103 Å². The van der Waals surface area contributed by atoms with Crippen LogP contribution in [0.2, 0.25) is 0 Å². The fraction of sp³-hybridized carbons (Fsp3) is 0.118. The van der Waals surface area contributed by atoms with E-state index < -0.39 is 27.7 Å². The molecule has 1 heterocycles. The first-order valence-corrected chi connectivity index (χ1v) is 7.38. The summed E-state index contributed by atoms with van der Waals surface area (Å²) in [6.07, 6.45) is 0. The molecule has 0 amide bonds. The van der Waals surface area contributed by atoms with E-state index in [0.29, 0.717) is 0 Å². The van der Waals surface area contributed by atoms with Gasteiger partial charge in [-0.15, -0.1) is 0 Å². The highest BCUT2D eigenvalue weighted by atomic mass is 19.1. The van der Waals surface area contributed by atoms with Crippen molar-refractivity contribution in [3.05, 3.63) is 62.3 Å². The van der Waals surface area contributed by atoms with E-state index in [1.54, 1.807) is 0 Å². The first kappa shape index (κ1) is 17.3. The molecule has 0 aliphatic heterocycles. The average molecular weight is 361 g/mol. The summed E-state index contributed by atoms with van der Waals surface area (Å²) in [5.41, 5.74) is 3.56. The summed E-state index contributed by atoms with van der Waals surface area (Å²) in [4.78, 5) is 24.0. The SMILES string of the molecule is CN(C)c1c(F)cc(-c2cc(=O)c3ccc(N)c([N+](=O)[O-])c3o2)cc1F. The van der Waals surface area contributed by atoms with Crippen LogP contribution >= 0.6 is 0 Å². The minimum Gasteiger partial charge on any atom is -0.448 e. The van der Waals surface area contributed by atoms with Gasteiger partial charge >= 0.3 is 5.69 Å². The number of hydrogen-bond acceptors (Lipinski definition) is 6. The maximum Gasteiger partial charge on any atom is 0.334 e. The van der Waals surface area contributed by atoms with Gasteiger partial charge in [-0.2, -0.15) is 0 Å². The lowest BCUT2D eigenvalue weighted by atomic mass is 10.1. The molecule has 1 aromatic heterocycles. The fourth-order valence-corrected chi connectivity index (χ4v) is 2.69. The van der Waals surface area contributed by atoms with Crippen molar-refractivity contribution in [3.8, 4) is 11.3 Å². The van der Waals surface area contributed by atoms with Crippen molar-refractivity contribution < 1.29 is 18.1 Å². The molecule has 3 rings (SSSR count). The Morgan fingerprint density at radius 3 is 2.31 bits per heavy atom. The molecule has 0 aliphatic carbocycles. The Hall–Kier alpha value is -3.49. The third kappa shape index (κ3) is 2.73. The molecule has 0 unspecified atom stereocenters. The van der Waals surface area contributed by atoms with Crippen LogP contribution in [-0.2, 0) is 0 Å². The molecule has 0 saturated carbocycles. The predicted octanol–water partition coefficient (Wildman–Crippen LogP) is 3.29. The van der Waals surface area contributed by atoms with Crippen molar-refractivity contribution in [2.24, 2.45) is 0 Å². The smallest absolute Gasteiger partial charge is 0.334 e. The number of fused-ring (bicyclic) bond motifs is 1. The Bertz CT molecular complexity index is 1090. The lowest BCUT2D eigenvalue weighted by molar-refractivity contribution is -0.382. The highest BCUT2D eigenvalue weighted by molar-refractivity contribution is 5.92. The summed E-state index contributed by atoms with van der Waals surface area (Å²) in [5, 5.41) is 11.2. The number of halogens is 2. The van der Waals surface area contributed by atoms with Gasteiger partial charge in [0, 0.05) is 25.7 Å². The molecule has 2 aromatic carbocycles. The van der Waals surface area contributed by atoms with Crippen LogP contribution in [0.5, 0.6) is 0 Å². The van der Waals surface area contributed by atoms with E-state index in [4.69, 9.17) is 10.2 Å². The third-order valence-electron chi connectivity index (χ3n) is 3.83. The predicted molar refractivity (Wildman–Crippen MR) is 93.2 cm³/mol. The molecule has 0 radical (unpaired) electrons. The monoisotopic (exact) mass is 361 g/mol. The van der Waals surface area contributed by atoms with Crippen LogP contribution in [0.1, 0.15) is 0 Å². The maximum atomic E-state index is 14.2. The molecule has 0 fully saturated rings. The Morgan fingerprint density at radius 1 is 1.15 bits per heavy atom. The molecule has 2 N–H and O–H groups in total. The van der Waals surface area contributed by atoms with Gasteiger partial charge in [-0.3, -0.25) is 14.9 Å². The normalized spacial score (nSPS) is 10.9. The third-order valence-corrected chi connectivity index (χ3v) is 3.83. The van der Waals surface area contributed by atoms with Crippen LogP contribution in [0.15, 0.2) is 39.5 Å². The van der Waals surface area contributed by atoms with Crippen LogP contribution in [0, 0.1) is 21.7 Å². The summed E-state index contributed by atoms with van der Waals surface area (Å²) in [5.74, 6) is -1.94. The zero-order valence-corrected chi connectivity index (χ0v) is 13.7. The summed E-state index contributed by atoms with van der Waals surface area (Å²) in [6.45, 7) is 0. The van der Waals surface area contributed by atoms with Gasteiger partial charge in [-0.05, 0) is 24.3 Å². The van der Waals surface area contributed by atoms with E-state index in [2.05, 4.69) is 0 Å². The number of anilines is 2. The van der Waals surface area contributed by atoms with Crippen molar-refractivity contribution in [1.29, 1.82) is 0 Å². The van der Waals surface area contributed by atoms with Gasteiger partial charge in [0.25, 0.3) is 0 Å². The Kier molecular flexibility index (Phi) is 4.07. The molecule has 0 atom stereocenters. The summed E-state index contributed by atoms with van der Waals surface area (Å²) in [7, 11) is 2.95. The van der Waals surface area contributed by atoms with Gasteiger partial charge < -0.3 is 15.1 Å². The number of nitrogens with two attached hydrogens (primary N) is 1. The second-order valence-electron chi connectivity index (χ2n) is 5.80. The average Bonchev–Trinajstić information content (AvgIpc) is 2.52. The van der Waals surface area contributed by atoms with Gasteiger partial charge in [-0.1, -0.05) is 0 Å². The van der Waals surface area contributed by atoms with Crippen LogP contribution in [0.3, 0.4) is 0 Å². The van der Waals surface area contributed by atoms with Crippen molar-refractivity contribution in [1.82, 2.24) is 0 Å². The molecule has 9 heteroatoms. The van der Waals surface area contributed by atoms with Gasteiger partial charge in [0.2, 0.25) is 5.58 Å². The lowest BCUT2D eigenvalue weighted by Crippen LogP contribution is -2.13. The second-order valence-corrected chi connectivity index (χ2v) is 5.80. The summed E-state index contributed by atoms with van der Waals surface area (Å²) < 4.78 is 33.9. The quantitative estimate of drug-likeness (QED) is 0.436. The van der Waals surface area contributed by atoms with E-state index in [-0.39, 0.29) is 33.7 Å². The van der Waals surface area contributed by atoms with E-state index in [1.165, 1.54) is 31.1 Å². The summed E-state index contributed by atoms with van der Waals surface area (Å²) >= 11 is 0. The maximum absolute atomic E-state index is 14.2. The largest absolute Gasteiger partial charge is 0.448 e. The zero-order chi connectivity index (χ0) is 19.2. The summed E-state index contributed by atoms with van der Waals surface area (Å²) in [6, 6.07) is 5.51. The van der Waals surface area contributed by atoms with Crippen LogP contribution < -0.4 is 16.1 Å². The second kappa shape index (κ2) is 6.10. The van der Waals surface area contributed by atoms with Crippen molar-refractivity contribution in [3.63, 3.8) is 0 Å². The zero-order valence-electron chi connectivity index (χ0n) is 13.7. The van der Waals surface area contributed by atoms with Crippen LogP contribution in [-0.4, -0.2) is 19.0 Å². The number of nitro benzene ring substituents is 1. The Balaban J connectivity index is 2.32. The molecular formula is C17H13F2N3O4. The molecule has 0 spiro atoms. The number of benzene rings is 2. The van der Waals surface area contributed by atoms with Gasteiger partial charge in [0.1, 0.15) is 28.8 Å². The number of nitrogen functional groups attached to an aromatic ring is 1. The van der Waals surface area contributed by atoms with Gasteiger partial charge in [0.05, 0.1) is 10.3 Å². The van der Waals surface area contributed by atoms with Gasteiger partial charge in [-0.25, -0.2) is 8.78 Å². The first-order chi connectivity index (χ1) is 12.2. The minimum absolute atomic E-state index is 0.0551. The molecule has 0 bridgehead atoms. The van der Waals surface area contributed by atoms with Crippen LogP contribution in [0.25, 0.3) is 22.3 Å². The van der Waals surface area contributed by atoms with E-state index >= 15 is 0 Å². The molecule has 0 saturated heterocycles. The fourth-order valence-electron chi connectivity index (χ4n) is 2.69. The standard InChI is InChI=1S/C17H13F2N3O4/c1-21(2)15-10(18)5-8(6-11(15)19)14-7-13(23)9-3-4-12(20)16(22(24)25)17(9)26-14/h3-7H,20H2,1-2H3. The van der Waals surface area contributed by atoms with E-state index in [1.807, 2.05) is 0 Å².